The minimum absolute atomic E-state index is 0.176. The van der Waals surface area contributed by atoms with Crippen LogP contribution in [0.4, 0.5) is 4.79 Å². The van der Waals surface area contributed by atoms with Gasteiger partial charge in [0.05, 0.1) is 0 Å². The van der Waals surface area contributed by atoms with Crippen molar-refractivity contribution < 1.29 is 14.4 Å². The van der Waals surface area contributed by atoms with Crippen molar-refractivity contribution >= 4 is 17.8 Å². The van der Waals surface area contributed by atoms with E-state index in [1.165, 1.54) is 5.56 Å². The number of imide groups is 1. The van der Waals surface area contributed by atoms with Gasteiger partial charge in [0.15, 0.2) is 0 Å². The van der Waals surface area contributed by atoms with Gasteiger partial charge >= 0.3 is 6.03 Å². The Hall–Kier alpha value is -3.15. The van der Waals surface area contributed by atoms with Crippen molar-refractivity contribution in [3.8, 4) is 0 Å². The van der Waals surface area contributed by atoms with Gasteiger partial charge in [0.1, 0.15) is 12.1 Å². The molecule has 1 unspecified atom stereocenters. The zero-order valence-electron chi connectivity index (χ0n) is 17.1. The fourth-order valence-corrected chi connectivity index (χ4v) is 4.66. The highest BCUT2D eigenvalue weighted by molar-refractivity contribution is 6.10. The first kappa shape index (κ1) is 18.9. The van der Waals surface area contributed by atoms with Gasteiger partial charge in [-0.1, -0.05) is 54.1 Å². The second-order valence-electron chi connectivity index (χ2n) is 8.62. The minimum Gasteiger partial charge on any atom is -0.334 e. The van der Waals surface area contributed by atoms with E-state index in [0.717, 1.165) is 40.9 Å². The number of amides is 4. The second-order valence-corrected chi connectivity index (χ2v) is 8.62. The van der Waals surface area contributed by atoms with Crippen molar-refractivity contribution in [2.45, 2.75) is 50.7 Å². The van der Waals surface area contributed by atoms with Crippen molar-refractivity contribution in [2.75, 3.05) is 6.54 Å². The summed E-state index contributed by atoms with van der Waals surface area (Å²) in [7, 11) is 0. The van der Waals surface area contributed by atoms with E-state index in [-0.39, 0.29) is 24.4 Å². The van der Waals surface area contributed by atoms with Gasteiger partial charge in [-0.05, 0) is 49.3 Å². The molecule has 2 fully saturated rings. The van der Waals surface area contributed by atoms with Crippen LogP contribution in [-0.2, 0) is 28.1 Å². The van der Waals surface area contributed by atoms with E-state index in [9.17, 15) is 14.4 Å². The molecule has 0 radical (unpaired) electrons. The smallest absolute Gasteiger partial charge is 0.325 e. The molecule has 2 aromatic rings. The summed E-state index contributed by atoms with van der Waals surface area (Å²) in [5.74, 6) is -0.484. The summed E-state index contributed by atoms with van der Waals surface area (Å²) in [6, 6.07) is 15.6. The first-order chi connectivity index (χ1) is 14.5. The average molecular weight is 403 g/mol. The van der Waals surface area contributed by atoms with Crippen molar-refractivity contribution in [3.05, 3.63) is 70.8 Å². The number of fused-ring (bicyclic) bond motifs is 2. The Balaban J connectivity index is 1.34. The molecule has 1 N–H and O–H groups in total. The molecule has 1 aliphatic heterocycles. The zero-order valence-corrected chi connectivity index (χ0v) is 17.1. The molecular formula is C24H25N3O3. The molecule has 1 heterocycles. The number of hydrogen-bond acceptors (Lipinski definition) is 3. The third-order valence-corrected chi connectivity index (χ3v) is 6.50. The van der Waals surface area contributed by atoms with Crippen LogP contribution in [0.15, 0.2) is 48.5 Å². The molecule has 6 nitrogen and oxygen atoms in total. The van der Waals surface area contributed by atoms with Crippen LogP contribution in [0.25, 0.3) is 0 Å². The van der Waals surface area contributed by atoms with Crippen LogP contribution in [0.5, 0.6) is 0 Å². The number of benzene rings is 2. The molecule has 2 aliphatic carbocycles. The highest BCUT2D eigenvalue weighted by atomic mass is 16.2. The molecule has 0 bridgehead atoms. The van der Waals surface area contributed by atoms with E-state index < -0.39 is 11.6 Å². The van der Waals surface area contributed by atoms with Gasteiger partial charge in [-0.25, -0.2) is 4.79 Å². The maximum Gasteiger partial charge on any atom is 0.325 e. The lowest BCUT2D eigenvalue weighted by molar-refractivity contribution is -0.139. The van der Waals surface area contributed by atoms with Crippen LogP contribution in [0.1, 0.15) is 41.5 Å². The Morgan fingerprint density at radius 2 is 1.87 bits per heavy atom. The van der Waals surface area contributed by atoms with Crippen molar-refractivity contribution in [3.63, 3.8) is 0 Å². The SMILES string of the molecule is Cc1ccc(CN(C(=O)CN2C(=O)NC3(CCc4ccccc43)C2=O)C2CC2)cc1. The number of hydrogen-bond donors (Lipinski definition) is 1. The highest BCUT2D eigenvalue weighted by Crippen LogP contribution is 2.41. The third-order valence-electron chi connectivity index (χ3n) is 6.50. The number of rotatable bonds is 5. The lowest BCUT2D eigenvalue weighted by atomic mass is 9.92. The molecule has 1 saturated carbocycles. The van der Waals surface area contributed by atoms with Gasteiger partial charge in [0.2, 0.25) is 5.91 Å². The molecule has 30 heavy (non-hydrogen) atoms. The topological polar surface area (TPSA) is 69.7 Å². The molecule has 5 rings (SSSR count). The second kappa shape index (κ2) is 6.97. The van der Waals surface area contributed by atoms with E-state index in [1.807, 2.05) is 60.4 Å². The van der Waals surface area contributed by atoms with Crippen LogP contribution < -0.4 is 5.32 Å². The minimum atomic E-state index is -1.02. The molecule has 3 aliphatic rings. The van der Waals surface area contributed by atoms with E-state index >= 15 is 0 Å². The van der Waals surface area contributed by atoms with E-state index in [4.69, 9.17) is 0 Å². The fraction of sp³-hybridized carbons (Fsp3) is 0.375. The first-order valence-corrected chi connectivity index (χ1v) is 10.6. The normalized spacial score (nSPS) is 22.4. The molecule has 1 atom stereocenters. The third kappa shape index (κ3) is 3.07. The number of nitrogens with zero attached hydrogens (tertiary/aromatic N) is 2. The number of carbonyl (C=O) groups excluding carboxylic acids is 3. The summed E-state index contributed by atoms with van der Waals surface area (Å²) in [6.07, 6.45) is 3.22. The van der Waals surface area contributed by atoms with Crippen LogP contribution in [0.3, 0.4) is 0 Å². The van der Waals surface area contributed by atoms with Crippen molar-refractivity contribution in [2.24, 2.45) is 0 Å². The van der Waals surface area contributed by atoms with Gasteiger partial charge in [-0.3, -0.25) is 14.5 Å². The summed E-state index contributed by atoms with van der Waals surface area (Å²) < 4.78 is 0. The maximum absolute atomic E-state index is 13.3. The summed E-state index contributed by atoms with van der Waals surface area (Å²) in [5, 5.41) is 2.90. The quantitative estimate of drug-likeness (QED) is 0.781. The molecule has 4 amide bonds. The van der Waals surface area contributed by atoms with Crippen LogP contribution >= 0.6 is 0 Å². The Bertz CT molecular complexity index is 1030. The Labute approximate surface area is 175 Å². The predicted molar refractivity (Wildman–Crippen MR) is 111 cm³/mol. The van der Waals surface area contributed by atoms with E-state index in [1.54, 1.807) is 0 Å². The lowest BCUT2D eigenvalue weighted by Crippen LogP contribution is -2.45. The van der Waals surface area contributed by atoms with Gasteiger partial charge in [0.25, 0.3) is 5.91 Å². The number of aryl methyl sites for hydroxylation is 2. The molecule has 154 valence electrons. The van der Waals surface area contributed by atoms with Gasteiger partial charge in [-0.2, -0.15) is 0 Å². The largest absolute Gasteiger partial charge is 0.334 e. The lowest BCUT2D eigenvalue weighted by Gasteiger charge is -2.25. The molecule has 2 aromatic carbocycles. The van der Waals surface area contributed by atoms with Gasteiger partial charge in [0, 0.05) is 12.6 Å². The van der Waals surface area contributed by atoms with Gasteiger partial charge < -0.3 is 10.2 Å². The molecule has 6 heteroatoms. The number of nitrogens with one attached hydrogen (secondary N) is 1. The van der Waals surface area contributed by atoms with E-state index in [0.29, 0.717) is 13.0 Å². The maximum atomic E-state index is 13.3. The standard InChI is InChI=1S/C24H25N3O3/c1-16-6-8-17(9-7-16)14-26(19-10-11-19)21(28)15-27-22(29)24(25-23(27)30)13-12-18-4-2-3-5-20(18)24/h2-9,19H,10-15H2,1H3,(H,25,30). The van der Waals surface area contributed by atoms with Gasteiger partial charge in [-0.15, -0.1) is 0 Å². The Morgan fingerprint density at radius 1 is 1.13 bits per heavy atom. The summed E-state index contributed by atoms with van der Waals surface area (Å²) >= 11 is 0. The highest BCUT2D eigenvalue weighted by Gasteiger charge is 2.55. The van der Waals surface area contributed by atoms with E-state index in [2.05, 4.69) is 5.32 Å². The predicted octanol–water partition coefficient (Wildman–Crippen LogP) is 2.88. The summed E-state index contributed by atoms with van der Waals surface area (Å²) in [4.78, 5) is 42.1. The molecule has 1 saturated heterocycles. The Kier molecular flexibility index (Phi) is 4.38. The molecular weight excluding hydrogens is 378 g/mol. The first-order valence-electron chi connectivity index (χ1n) is 10.6. The zero-order chi connectivity index (χ0) is 20.9. The van der Waals surface area contributed by atoms with Crippen LogP contribution in [-0.4, -0.2) is 40.2 Å². The summed E-state index contributed by atoms with van der Waals surface area (Å²) in [6.45, 7) is 2.32. The average Bonchev–Trinajstić information content (AvgIpc) is 3.48. The van der Waals surface area contributed by atoms with Crippen molar-refractivity contribution in [1.82, 2.24) is 15.1 Å². The fourth-order valence-electron chi connectivity index (χ4n) is 4.66. The number of urea groups is 1. The van der Waals surface area contributed by atoms with Crippen LogP contribution in [0.2, 0.25) is 0 Å². The summed E-state index contributed by atoms with van der Waals surface area (Å²) in [5.41, 5.74) is 3.15. The van der Waals surface area contributed by atoms with Crippen LogP contribution in [0, 0.1) is 6.92 Å². The number of carbonyl (C=O) groups is 3. The monoisotopic (exact) mass is 403 g/mol. The molecule has 0 aromatic heterocycles. The van der Waals surface area contributed by atoms with Crippen molar-refractivity contribution in [1.29, 1.82) is 0 Å². The molecule has 1 spiro atoms. The Morgan fingerprint density at radius 3 is 2.60 bits per heavy atom.